The van der Waals surface area contributed by atoms with Crippen molar-refractivity contribution in [3.05, 3.63) is 39.9 Å². The monoisotopic (exact) mass is 355 g/mol. The van der Waals surface area contributed by atoms with E-state index in [0.717, 1.165) is 24.8 Å². The highest BCUT2D eigenvalue weighted by atomic mass is 16.6. The van der Waals surface area contributed by atoms with Crippen LogP contribution in [0.5, 0.6) is 0 Å². The number of hydrazone groups is 1. The number of benzene rings is 1. The third-order valence-corrected chi connectivity index (χ3v) is 6.59. The third-order valence-electron chi connectivity index (χ3n) is 6.59. The fourth-order valence-corrected chi connectivity index (χ4v) is 6.67. The van der Waals surface area contributed by atoms with Crippen LogP contribution < -0.4 is 5.43 Å². The largest absolute Gasteiger partial charge is 0.273 e. The quantitative estimate of drug-likeness (QED) is 0.502. The van der Waals surface area contributed by atoms with E-state index in [4.69, 9.17) is 0 Å². The molecule has 0 heterocycles. The molecule has 138 valence electrons. The number of hydrogen-bond donors (Lipinski definition) is 1. The van der Waals surface area contributed by atoms with Crippen LogP contribution in [-0.4, -0.2) is 17.0 Å². The van der Waals surface area contributed by atoms with Crippen molar-refractivity contribution in [1.82, 2.24) is 5.43 Å². The summed E-state index contributed by atoms with van der Waals surface area (Å²) in [6.07, 6.45) is 8.20. The Balaban J connectivity index is 1.46. The minimum atomic E-state index is -0.434. The van der Waals surface area contributed by atoms with Crippen LogP contribution >= 0.6 is 0 Å². The van der Waals surface area contributed by atoms with Crippen LogP contribution in [0.4, 0.5) is 5.69 Å². The van der Waals surface area contributed by atoms with Crippen molar-refractivity contribution < 1.29 is 9.72 Å². The van der Waals surface area contributed by atoms with Crippen LogP contribution in [0.25, 0.3) is 0 Å². The molecule has 0 spiro atoms. The van der Waals surface area contributed by atoms with Crippen LogP contribution in [0.1, 0.15) is 57.9 Å². The molecule has 6 heteroatoms. The molecule has 0 aliphatic heterocycles. The zero-order valence-electron chi connectivity index (χ0n) is 15.3. The first-order chi connectivity index (χ1) is 12.2. The summed E-state index contributed by atoms with van der Waals surface area (Å²) in [4.78, 5) is 23.3. The molecule has 1 amide bonds. The molecule has 4 aliphatic rings. The zero-order chi connectivity index (χ0) is 18.6. The highest BCUT2D eigenvalue weighted by Gasteiger charge is 2.62. The molecule has 0 saturated heterocycles. The van der Waals surface area contributed by atoms with Crippen molar-refractivity contribution in [2.24, 2.45) is 27.3 Å². The number of carbonyl (C=O) groups excluding carboxylic acids is 1. The number of nitro groups is 1. The molecule has 0 aromatic heterocycles. The second-order valence-electron chi connectivity index (χ2n) is 9.46. The predicted octanol–water partition coefficient (Wildman–Crippen LogP) is 4.04. The Morgan fingerprint density at radius 3 is 2.31 bits per heavy atom. The van der Waals surface area contributed by atoms with Gasteiger partial charge in [0.05, 0.1) is 16.6 Å². The molecule has 4 saturated carbocycles. The van der Waals surface area contributed by atoms with Gasteiger partial charge in [0.25, 0.3) is 5.69 Å². The molecule has 4 bridgehead atoms. The van der Waals surface area contributed by atoms with E-state index in [9.17, 15) is 14.9 Å². The normalized spacial score (nSPS) is 37.8. The third kappa shape index (κ3) is 2.91. The van der Waals surface area contributed by atoms with Gasteiger partial charge in [-0.25, -0.2) is 5.43 Å². The Kier molecular flexibility index (Phi) is 3.72. The van der Waals surface area contributed by atoms with Crippen molar-refractivity contribution in [1.29, 1.82) is 0 Å². The first kappa shape index (κ1) is 17.2. The molecule has 6 nitrogen and oxygen atoms in total. The average Bonchev–Trinajstić information content (AvgIpc) is 2.51. The topological polar surface area (TPSA) is 84.6 Å². The summed E-state index contributed by atoms with van der Waals surface area (Å²) >= 11 is 0. The number of nitrogens with zero attached hydrogens (tertiary/aromatic N) is 2. The molecular formula is C20H25N3O3. The van der Waals surface area contributed by atoms with E-state index in [0.29, 0.717) is 5.92 Å². The van der Waals surface area contributed by atoms with Gasteiger partial charge >= 0.3 is 0 Å². The number of carbonyl (C=O) groups is 1. The molecule has 0 radical (unpaired) electrons. The second-order valence-corrected chi connectivity index (χ2v) is 9.46. The molecule has 2 atom stereocenters. The van der Waals surface area contributed by atoms with E-state index >= 15 is 0 Å². The maximum atomic E-state index is 13.0. The van der Waals surface area contributed by atoms with Gasteiger partial charge in [0, 0.05) is 12.1 Å². The molecular weight excluding hydrogens is 330 g/mol. The lowest BCUT2D eigenvalue weighted by atomic mass is 9.40. The smallest absolute Gasteiger partial charge is 0.269 e. The Morgan fingerprint density at radius 1 is 1.15 bits per heavy atom. The highest BCUT2D eigenvalue weighted by molar-refractivity contribution is 5.86. The standard InChI is InChI=1S/C20H25N3O3/c1-18-7-15-8-19(2,11-18)13-20(9-15,12-18)17(24)22-21-10-14-3-5-16(6-4-14)23(25)26/h3-6,10,15H,7-9,11-13H2,1-2H3,(H,22,24)/b21-10-/t15?,18-,19-,20?/m1/s1. The van der Waals surface area contributed by atoms with Gasteiger partial charge in [-0.3, -0.25) is 14.9 Å². The number of nitro benzene ring substituents is 1. The van der Waals surface area contributed by atoms with E-state index in [1.54, 1.807) is 18.3 Å². The second kappa shape index (κ2) is 5.63. The maximum absolute atomic E-state index is 13.0. The van der Waals surface area contributed by atoms with Crippen LogP contribution in [0.15, 0.2) is 29.4 Å². The van der Waals surface area contributed by atoms with Gasteiger partial charge in [-0.1, -0.05) is 13.8 Å². The summed E-state index contributed by atoms with van der Waals surface area (Å²) in [5, 5.41) is 14.8. The number of non-ortho nitro benzene ring substituents is 1. The molecule has 1 N–H and O–H groups in total. The van der Waals surface area contributed by atoms with Crippen LogP contribution in [0.3, 0.4) is 0 Å². The van der Waals surface area contributed by atoms with E-state index in [-0.39, 0.29) is 27.8 Å². The zero-order valence-corrected chi connectivity index (χ0v) is 15.3. The van der Waals surface area contributed by atoms with Crippen molar-refractivity contribution >= 4 is 17.8 Å². The molecule has 26 heavy (non-hydrogen) atoms. The minimum absolute atomic E-state index is 0.0391. The van der Waals surface area contributed by atoms with E-state index in [2.05, 4.69) is 24.4 Å². The SMILES string of the molecule is C[C@]12CC3CC(C(=O)N/N=C\c4ccc([N+](=O)[O-])cc4)(C1)C[C@](C)(C3)C2. The van der Waals surface area contributed by atoms with E-state index in [1.807, 2.05) is 0 Å². The summed E-state index contributed by atoms with van der Waals surface area (Å²) in [6, 6.07) is 6.12. The van der Waals surface area contributed by atoms with Gasteiger partial charge in [-0.05, 0) is 73.0 Å². The van der Waals surface area contributed by atoms with E-state index < -0.39 is 4.92 Å². The van der Waals surface area contributed by atoms with Gasteiger partial charge < -0.3 is 0 Å². The lowest BCUT2D eigenvalue weighted by molar-refractivity contribution is -0.384. The summed E-state index contributed by atoms with van der Waals surface area (Å²) in [6.45, 7) is 4.69. The van der Waals surface area contributed by atoms with Crippen LogP contribution in [0, 0.1) is 32.3 Å². The van der Waals surface area contributed by atoms with Gasteiger partial charge in [0.2, 0.25) is 5.91 Å². The molecule has 4 aliphatic carbocycles. The Labute approximate surface area is 153 Å². The summed E-state index contributed by atoms with van der Waals surface area (Å²) < 4.78 is 0. The fourth-order valence-electron chi connectivity index (χ4n) is 6.67. The van der Waals surface area contributed by atoms with Gasteiger partial charge in [0.15, 0.2) is 0 Å². The van der Waals surface area contributed by atoms with Crippen molar-refractivity contribution in [3.63, 3.8) is 0 Å². The summed E-state index contributed by atoms with van der Waals surface area (Å²) in [5.74, 6) is 0.697. The predicted molar refractivity (Wildman–Crippen MR) is 98.7 cm³/mol. The van der Waals surface area contributed by atoms with Gasteiger partial charge in [-0.2, -0.15) is 5.10 Å². The number of rotatable bonds is 4. The number of nitrogens with one attached hydrogen (secondary N) is 1. The minimum Gasteiger partial charge on any atom is -0.273 e. The van der Waals surface area contributed by atoms with Crippen molar-refractivity contribution in [2.75, 3.05) is 0 Å². The maximum Gasteiger partial charge on any atom is 0.269 e. The highest BCUT2D eigenvalue weighted by Crippen LogP contribution is 2.69. The van der Waals surface area contributed by atoms with Crippen LogP contribution in [-0.2, 0) is 4.79 Å². The molecule has 4 fully saturated rings. The van der Waals surface area contributed by atoms with Crippen LogP contribution in [0.2, 0.25) is 0 Å². The molecule has 1 aromatic carbocycles. The summed E-state index contributed by atoms with van der Waals surface area (Å²) in [7, 11) is 0. The average molecular weight is 355 g/mol. The molecule has 5 rings (SSSR count). The van der Waals surface area contributed by atoms with Gasteiger partial charge in [-0.15, -0.1) is 0 Å². The number of amides is 1. The lowest BCUT2D eigenvalue weighted by Crippen LogP contribution is -2.59. The molecule has 0 unspecified atom stereocenters. The first-order valence-corrected chi connectivity index (χ1v) is 9.29. The lowest BCUT2D eigenvalue weighted by Gasteiger charge is -2.64. The fraction of sp³-hybridized carbons (Fsp3) is 0.600. The summed E-state index contributed by atoms with van der Waals surface area (Å²) in [5.41, 5.74) is 3.81. The van der Waals surface area contributed by atoms with E-state index in [1.165, 1.54) is 31.4 Å². The van der Waals surface area contributed by atoms with Gasteiger partial charge in [0.1, 0.15) is 0 Å². The molecule has 1 aromatic rings. The Hall–Kier alpha value is -2.24. The van der Waals surface area contributed by atoms with Crippen molar-refractivity contribution in [3.8, 4) is 0 Å². The number of hydrogen-bond acceptors (Lipinski definition) is 4. The first-order valence-electron chi connectivity index (χ1n) is 9.29. The Morgan fingerprint density at radius 2 is 1.77 bits per heavy atom. The van der Waals surface area contributed by atoms with Crippen molar-refractivity contribution in [2.45, 2.75) is 52.4 Å². The Bertz CT molecular complexity index is 768.